The molecule has 0 spiro atoms. The van der Waals surface area contributed by atoms with Crippen LogP contribution in [0.15, 0.2) is 118 Å². The second-order valence-corrected chi connectivity index (χ2v) is 11.3. The smallest absolute Gasteiger partial charge is 0.421 e. The summed E-state index contributed by atoms with van der Waals surface area (Å²) in [4.78, 5) is 13.7. The molecule has 270 valence electrons. The number of methoxy groups -OCH3 is 1. The van der Waals surface area contributed by atoms with E-state index in [1.807, 2.05) is 144 Å². The van der Waals surface area contributed by atoms with Crippen molar-refractivity contribution in [2.45, 2.75) is 0 Å². The number of azo groups is 2. The average Bonchev–Trinajstić information content (AvgIpc) is 3.62. The normalized spacial score (nSPS) is 10.9. The summed E-state index contributed by atoms with van der Waals surface area (Å²) in [5.41, 5.74) is 4.91. The first-order valence-corrected chi connectivity index (χ1v) is 15.8. The fourth-order valence-electron chi connectivity index (χ4n) is 4.77. The lowest BCUT2D eigenvalue weighted by Gasteiger charge is -2.12. The summed E-state index contributed by atoms with van der Waals surface area (Å²) in [7, 11) is 9.36. The van der Waals surface area contributed by atoms with Gasteiger partial charge in [0, 0.05) is 46.6 Å². The summed E-state index contributed by atoms with van der Waals surface area (Å²) in [6.45, 7) is 1.04. The number of nitrogens with one attached hydrogen (secondary N) is 4. The lowest BCUT2D eigenvalue weighted by Crippen LogP contribution is -3.00. The van der Waals surface area contributed by atoms with Gasteiger partial charge in [0.2, 0.25) is 17.8 Å². The SMILES string of the molecule is COCCNc1nc(Nc2ccc(N=Nc3n(C)cc[n+]3C)cc2)nc(Nc2ccc(Nc3ccc(N=Nc4n(C)cc[n+]4C)cc3)cc2)n1.[Cl-].[Cl-]. The maximum Gasteiger partial charge on any atom is 0.421 e. The number of hydrogen-bond acceptors (Lipinski definition) is 12. The Morgan fingerprint density at radius 1 is 0.577 bits per heavy atom. The van der Waals surface area contributed by atoms with Crippen LogP contribution in [0.25, 0.3) is 0 Å². The van der Waals surface area contributed by atoms with Crippen molar-refractivity contribution < 1.29 is 38.7 Å². The van der Waals surface area contributed by atoms with E-state index in [0.717, 1.165) is 40.3 Å². The van der Waals surface area contributed by atoms with Gasteiger partial charge in [-0.3, -0.25) is 0 Å². The third-order valence-electron chi connectivity index (χ3n) is 7.44. The molecule has 0 saturated carbocycles. The Morgan fingerprint density at radius 2 is 0.962 bits per heavy atom. The first-order chi connectivity index (χ1) is 24.3. The van der Waals surface area contributed by atoms with E-state index in [2.05, 4.69) is 56.7 Å². The number of ether oxygens (including phenoxy) is 1. The lowest BCUT2D eigenvalue weighted by molar-refractivity contribution is -0.657. The van der Waals surface area contributed by atoms with Gasteiger partial charge in [-0.25, -0.2) is 18.3 Å². The van der Waals surface area contributed by atoms with Gasteiger partial charge in [-0.05, 0) is 72.8 Å². The quantitative estimate of drug-likeness (QED) is 0.0705. The van der Waals surface area contributed by atoms with Crippen LogP contribution in [-0.4, -0.2) is 44.3 Å². The molecule has 0 unspecified atom stereocenters. The van der Waals surface area contributed by atoms with Gasteiger partial charge in [-0.2, -0.15) is 15.0 Å². The largest absolute Gasteiger partial charge is 1.00 e. The van der Waals surface area contributed by atoms with Crippen LogP contribution in [0.1, 0.15) is 0 Å². The van der Waals surface area contributed by atoms with Gasteiger partial charge in [0.05, 0.1) is 59.6 Å². The number of aromatic nitrogens is 7. The third-order valence-corrected chi connectivity index (χ3v) is 7.44. The summed E-state index contributed by atoms with van der Waals surface area (Å²) in [5, 5.41) is 30.6. The number of anilines is 7. The molecule has 0 aliphatic heterocycles. The number of benzene rings is 3. The molecule has 18 heteroatoms. The Hall–Kier alpha value is -5.97. The summed E-state index contributed by atoms with van der Waals surface area (Å²) in [5.74, 6) is 2.64. The first kappa shape index (κ1) is 38.8. The zero-order chi connectivity index (χ0) is 34.9. The molecule has 6 rings (SSSR count). The van der Waals surface area contributed by atoms with E-state index in [1.165, 1.54) is 0 Å². The first-order valence-electron chi connectivity index (χ1n) is 15.8. The van der Waals surface area contributed by atoms with E-state index in [0.29, 0.717) is 36.7 Å². The molecule has 3 heterocycles. The van der Waals surface area contributed by atoms with Crippen LogP contribution in [-0.2, 0) is 32.9 Å². The highest BCUT2D eigenvalue weighted by Gasteiger charge is 2.12. The number of rotatable bonds is 14. The zero-order valence-corrected chi connectivity index (χ0v) is 30.7. The molecule has 0 aliphatic rings. The lowest BCUT2D eigenvalue weighted by atomic mass is 10.2. The van der Waals surface area contributed by atoms with E-state index in [4.69, 9.17) is 4.74 Å². The summed E-state index contributed by atoms with van der Waals surface area (Å²) in [6.07, 6.45) is 7.72. The maximum absolute atomic E-state index is 5.17. The maximum atomic E-state index is 5.17. The van der Waals surface area contributed by atoms with Crippen molar-refractivity contribution in [3.63, 3.8) is 0 Å². The minimum atomic E-state index is 0. The standard InChI is InChI=1S/C34H37N15O.2ClH/c1-46-19-20-47(2)33(46)44-42-28-14-10-25(11-15-28)36-24-6-8-26(9-7-24)37-31-39-30(35-18-23-50-5)40-32(41-31)38-27-12-16-29(17-13-27)43-45-34-48(3)21-22-49(34)4;;/h6-17,19-22H,18,23H2,1-5H3,(H2,35,37,39,40,41,42);2*1H. The van der Waals surface area contributed by atoms with E-state index >= 15 is 0 Å². The monoisotopic (exact) mass is 743 g/mol. The van der Waals surface area contributed by atoms with Crippen molar-refractivity contribution >= 4 is 63.9 Å². The topological polar surface area (TPSA) is 163 Å². The van der Waals surface area contributed by atoms with Crippen LogP contribution in [0, 0.1) is 0 Å². The van der Waals surface area contributed by atoms with Crippen molar-refractivity contribution in [3.05, 3.63) is 97.6 Å². The number of imidazole rings is 2. The number of halogens is 2. The predicted molar refractivity (Wildman–Crippen MR) is 191 cm³/mol. The highest BCUT2D eigenvalue weighted by atomic mass is 35.5. The molecule has 0 bridgehead atoms. The second kappa shape index (κ2) is 18.3. The van der Waals surface area contributed by atoms with Gasteiger partial charge >= 0.3 is 11.9 Å². The molecule has 0 atom stereocenters. The van der Waals surface area contributed by atoms with Crippen molar-refractivity contribution in [1.29, 1.82) is 0 Å². The van der Waals surface area contributed by atoms with Crippen molar-refractivity contribution in [2.75, 3.05) is 41.5 Å². The molecule has 0 amide bonds. The van der Waals surface area contributed by atoms with Crippen LogP contribution in [0.2, 0.25) is 0 Å². The number of nitrogens with zero attached hydrogens (tertiary/aromatic N) is 11. The average molecular weight is 745 g/mol. The second-order valence-electron chi connectivity index (χ2n) is 11.3. The van der Waals surface area contributed by atoms with E-state index in [9.17, 15) is 0 Å². The molecule has 0 saturated heterocycles. The molecule has 3 aromatic heterocycles. The fourth-order valence-corrected chi connectivity index (χ4v) is 4.77. The van der Waals surface area contributed by atoms with Gasteiger partial charge < -0.3 is 50.8 Å². The molecule has 0 aliphatic carbocycles. The molecule has 4 N–H and O–H groups in total. The van der Waals surface area contributed by atoms with E-state index in [-0.39, 0.29) is 24.8 Å². The van der Waals surface area contributed by atoms with Crippen LogP contribution < -0.4 is 55.2 Å². The van der Waals surface area contributed by atoms with Crippen molar-refractivity contribution in [1.82, 2.24) is 24.1 Å². The Morgan fingerprint density at radius 3 is 1.35 bits per heavy atom. The van der Waals surface area contributed by atoms with Gasteiger partial charge in [0.15, 0.2) is 0 Å². The molecule has 6 aromatic rings. The van der Waals surface area contributed by atoms with Gasteiger partial charge in [-0.1, -0.05) is 10.2 Å². The van der Waals surface area contributed by atoms with Crippen molar-refractivity contribution in [2.24, 2.45) is 48.6 Å². The Labute approximate surface area is 313 Å². The van der Waals surface area contributed by atoms with Gasteiger partial charge in [0.25, 0.3) is 0 Å². The molecular formula is C34H39Cl2N15O. The van der Waals surface area contributed by atoms with Crippen LogP contribution in [0.3, 0.4) is 0 Å². The molecule has 0 radical (unpaired) electrons. The summed E-state index contributed by atoms with van der Waals surface area (Å²) < 4.78 is 12.8. The molecule has 3 aromatic carbocycles. The third kappa shape index (κ3) is 10.3. The van der Waals surface area contributed by atoms with Crippen LogP contribution in [0.4, 0.5) is 63.9 Å². The van der Waals surface area contributed by atoms with E-state index < -0.39 is 0 Å². The predicted octanol–water partition coefficient (Wildman–Crippen LogP) is 0.326. The fraction of sp³-hybridized carbons (Fsp3) is 0.206. The minimum absolute atomic E-state index is 0. The Kier molecular flexibility index (Phi) is 13.7. The Balaban J connectivity index is 0.00000302. The summed E-state index contributed by atoms with van der Waals surface area (Å²) in [6, 6.07) is 23.1. The summed E-state index contributed by atoms with van der Waals surface area (Å²) >= 11 is 0. The zero-order valence-electron chi connectivity index (χ0n) is 29.2. The minimum Gasteiger partial charge on any atom is -1.00 e. The molecular weight excluding hydrogens is 705 g/mol. The molecule has 16 nitrogen and oxygen atoms in total. The Bertz CT molecular complexity index is 2060. The highest BCUT2D eigenvalue weighted by molar-refractivity contribution is 5.66. The molecule has 52 heavy (non-hydrogen) atoms. The number of hydrogen-bond donors (Lipinski definition) is 4. The van der Waals surface area contributed by atoms with Crippen LogP contribution in [0.5, 0.6) is 0 Å². The highest BCUT2D eigenvalue weighted by Crippen LogP contribution is 2.25. The molecule has 0 fully saturated rings. The number of aryl methyl sites for hydroxylation is 4. The van der Waals surface area contributed by atoms with Gasteiger partial charge in [0.1, 0.15) is 11.4 Å². The van der Waals surface area contributed by atoms with Gasteiger partial charge in [-0.15, -0.1) is 0 Å². The van der Waals surface area contributed by atoms with Crippen LogP contribution >= 0.6 is 0 Å². The van der Waals surface area contributed by atoms with E-state index in [1.54, 1.807) is 7.11 Å². The van der Waals surface area contributed by atoms with Crippen molar-refractivity contribution in [3.8, 4) is 0 Å².